The van der Waals surface area contributed by atoms with Crippen molar-refractivity contribution in [2.45, 2.75) is 19.8 Å². The number of aromatic carboxylic acids is 1. The fourth-order valence-electron chi connectivity index (χ4n) is 2.74. The van der Waals surface area contributed by atoms with E-state index < -0.39 is 5.97 Å². The summed E-state index contributed by atoms with van der Waals surface area (Å²) in [5, 5.41) is 13.3. The first-order valence-electron chi connectivity index (χ1n) is 8.09. The Bertz CT molecular complexity index is 828. The van der Waals surface area contributed by atoms with Gasteiger partial charge in [0.1, 0.15) is 0 Å². The molecular formula is C19H19N3O3. The highest BCUT2D eigenvalue weighted by Gasteiger charge is 2.21. The Labute approximate surface area is 145 Å². The summed E-state index contributed by atoms with van der Waals surface area (Å²) in [7, 11) is 0. The van der Waals surface area contributed by atoms with Crippen molar-refractivity contribution in [3.63, 3.8) is 0 Å². The number of carbonyl (C=O) groups excluding carboxylic acids is 1. The van der Waals surface area contributed by atoms with Gasteiger partial charge < -0.3 is 10.0 Å². The van der Waals surface area contributed by atoms with Crippen molar-refractivity contribution in [1.82, 2.24) is 0 Å². The summed E-state index contributed by atoms with van der Waals surface area (Å²) >= 11 is 0. The first-order valence-corrected chi connectivity index (χ1v) is 8.09. The van der Waals surface area contributed by atoms with Crippen molar-refractivity contribution in [2.24, 2.45) is 5.10 Å². The number of benzene rings is 2. The molecule has 1 amide bonds. The van der Waals surface area contributed by atoms with Gasteiger partial charge in [-0.2, -0.15) is 5.10 Å². The number of carboxylic acids is 1. The molecule has 0 saturated carbocycles. The van der Waals surface area contributed by atoms with Gasteiger partial charge in [-0.3, -0.25) is 10.2 Å². The van der Waals surface area contributed by atoms with E-state index in [-0.39, 0.29) is 11.5 Å². The number of carbonyl (C=O) groups is 2. The van der Waals surface area contributed by atoms with E-state index in [9.17, 15) is 9.59 Å². The zero-order valence-corrected chi connectivity index (χ0v) is 13.9. The third-order valence-corrected chi connectivity index (χ3v) is 4.13. The van der Waals surface area contributed by atoms with Crippen LogP contribution in [0.4, 0.5) is 11.4 Å². The molecule has 2 N–H and O–H groups in total. The SMILES string of the molecule is C/C(=N\Nc1cccc(C(=O)O)c1)c1ccc(N2CCCC2=O)cc1. The summed E-state index contributed by atoms with van der Waals surface area (Å²) in [5.41, 5.74) is 6.29. The summed E-state index contributed by atoms with van der Waals surface area (Å²) < 4.78 is 0. The minimum atomic E-state index is -0.976. The largest absolute Gasteiger partial charge is 0.478 e. The molecule has 2 aromatic rings. The second-order valence-electron chi connectivity index (χ2n) is 5.89. The van der Waals surface area contributed by atoms with Crippen LogP contribution in [-0.2, 0) is 4.79 Å². The van der Waals surface area contributed by atoms with Crippen LogP contribution < -0.4 is 10.3 Å². The zero-order chi connectivity index (χ0) is 17.8. The Morgan fingerprint density at radius 1 is 1.16 bits per heavy atom. The molecule has 0 atom stereocenters. The average molecular weight is 337 g/mol. The van der Waals surface area contributed by atoms with Crippen LogP contribution in [-0.4, -0.2) is 29.2 Å². The molecule has 0 bridgehead atoms. The first kappa shape index (κ1) is 16.7. The third-order valence-electron chi connectivity index (χ3n) is 4.13. The number of carboxylic acid groups (broad SMARTS) is 1. The van der Waals surface area contributed by atoms with Crippen LogP contribution in [0.5, 0.6) is 0 Å². The normalized spacial score (nSPS) is 14.7. The third kappa shape index (κ3) is 3.85. The van der Waals surface area contributed by atoms with Gasteiger partial charge in [0.2, 0.25) is 5.91 Å². The van der Waals surface area contributed by atoms with E-state index in [0.717, 1.165) is 29.9 Å². The Kier molecular flexibility index (Phi) is 4.79. The lowest BCUT2D eigenvalue weighted by Crippen LogP contribution is -2.23. The number of nitrogens with zero attached hydrogens (tertiary/aromatic N) is 2. The summed E-state index contributed by atoms with van der Waals surface area (Å²) in [6.07, 6.45) is 1.52. The summed E-state index contributed by atoms with van der Waals surface area (Å²) in [4.78, 5) is 24.6. The van der Waals surface area contributed by atoms with Gasteiger partial charge in [0.05, 0.1) is 17.0 Å². The van der Waals surface area contributed by atoms with E-state index in [2.05, 4.69) is 10.5 Å². The second kappa shape index (κ2) is 7.17. The van der Waals surface area contributed by atoms with Crippen LogP contribution in [0.3, 0.4) is 0 Å². The number of anilines is 2. The van der Waals surface area contributed by atoms with E-state index in [1.165, 1.54) is 12.1 Å². The predicted octanol–water partition coefficient (Wildman–Crippen LogP) is 3.35. The minimum absolute atomic E-state index is 0.165. The van der Waals surface area contributed by atoms with Gasteiger partial charge in [0, 0.05) is 18.7 Å². The van der Waals surface area contributed by atoms with E-state index in [1.54, 1.807) is 17.0 Å². The average Bonchev–Trinajstić information content (AvgIpc) is 3.06. The number of nitrogens with one attached hydrogen (secondary N) is 1. The standard InChI is InChI=1S/C19H19N3O3/c1-13(20-21-16-5-2-4-15(12-16)19(24)25)14-7-9-17(10-8-14)22-11-3-6-18(22)23/h2,4-5,7-10,12,21H,3,6,11H2,1H3,(H,24,25)/b20-13+. The number of hydrogen-bond acceptors (Lipinski definition) is 4. The number of hydrogen-bond donors (Lipinski definition) is 2. The Morgan fingerprint density at radius 2 is 1.92 bits per heavy atom. The molecule has 6 heteroatoms. The van der Waals surface area contributed by atoms with E-state index in [1.807, 2.05) is 31.2 Å². The Morgan fingerprint density at radius 3 is 2.56 bits per heavy atom. The van der Waals surface area contributed by atoms with E-state index in [0.29, 0.717) is 12.1 Å². The molecular weight excluding hydrogens is 318 g/mol. The molecule has 1 aliphatic heterocycles. The number of hydrazone groups is 1. The maximum atomic E-state index is 11.8. The lowest BCUT2D eigenvalue weighted by atomic mass is 10.1. The van der Waals surface area contributed by atoms with Gasteiger partial charge >= 0.3 is 5.97 Å². The summed E-state index contributed by atoms with van der Waals surface area (Å²) in [5.74, 6) is -0.811. The Hall–Kier alpha value is -3.15. The molecule has 1 saturated heterocycles. The fraction of sp³-hybridized carbons (Fsp3) is 0.211. The van der Waals surface area contributed by atoms with Gasteiger partial charge in [0.15, 0.2) is 0 Å². The van der Waals surface area contributed by atoms with Crippen LogP contribution >= 0.6 is 0 Å². The quantitative estimate of drug-likeness (QED) is 0.647. The molecule has 3 rings (SSSR count). The molecule has 2 aromatic carbocycles. The molecule has 1 aliphatic rings. The van der Waals surface area contributed by atoms with E-state index in [4.69, 9.17) is 5.11 Å². The maximum absolute atomic E-state index is 11.8. The molecule has 0 radical (unpaired) electrons. The van der Waals surface area contributed by atoms with Crippen LogP contribution in [0.2, 0.25) is 0 Å². The molecule has 1 fully saturated rings. The topological polar surface area (TPSA) is 82.0 Å². The van der Waals surface area contributed by atoms with Crippen LogP contribution in [0.15, 0.2) is 53.6 Å². The van der Waals surface area contributed by atoms with Crippen LogP contribution in [0.25, 0.3) is 0 Å². The smallest absolute Gasteiger partial charge is 0.335 e. The maximum Gasteiger partial charge on any atom is 0.335 e. The van der Waals surface area contributed by atoms with Gasteiger partial charge in [-0.1, -0.05) is 18.2 Å². The van der Waals surface area contributed by atoms with Crippen LogP contribution in [0, 0.1) is 0 Å². The molecule has 6 nitrogen and oxygen atoms in total. The second-order valence-corrected chi connectivity index (χ2v) is 5.89. The lowest BCUT2D eigenvalue weighted by Gasteiger charge is -2.15. The van der Waals surface area contributed by atoms with Crippen molar-refractivity contribution < 1.29 is 14.7 Å². The van der Waals surface area contributed by atoms with E-state index >= 15 is 0 Å². The van der Waals surface area contributed by atoms with Gasteiger partial charge in [-0.05, 0) is 49.2 Å². The summed E-state index contributed by atoms with van der Waals surface area (Å²) in [6, 6.07) is 14.2. The first-order chi connectivity index (χ1) is 12.0. The van der Waals surface area contributed by atoms with Crippen molar-refractivity contribution in [2.75, 3.05) is 16.9 Å². The molecule has 0 unspecified atom stereocenters. The highest BCUT2D eigenvalue weighted by atomic mass is 16.4. The highest BCUT2D eigenvalue weighted by molar-refractivity contribution is 6.00. The zero-order valence-electron chi connectivity index (χ0n) is 13.9. The predicted molar refractivity (Wildman–Crippen MR) is 97.3 cm³/mol. The highest BCUT2D eigenvalue weighted by Crippen LogP contribution is 2.22. The molecule has 0 aromatic heterocycles. The number of rotatable bonds is 5. The molecule has 0 aliphatic carbocycles. The van der Waals surface area contributed by atoms with Gasteiger partial charge in [-0.15, -0.1) is 0 Å². The molecule has 0 spiro atoms. The Balaban J connectivity index is 1.71. The molecule has 25 heavy (non-hydrogen) atoms. The molecule has 1 heterocycles. The minimum Gasteiger partial charge on any atom is -0.478 e. The fourth-order valence-corrected chi connectivity index (χ4v) is 2.74. The molecule has 128 valence electrons. The van der Waals surface area contributed by atoms with Gasteiger partial charge in [0.25, 0.3) is 0 Å². The van der Waals surface area contributed by atoms with Crippen LogP contribution in [0.1, 0.15) is 35.7 Å². The van der Waals surface area contributed by atoms with Crippen molar-refractivity contribution in [3.05, 3.63) is 59.7 Å². The summed E-state index contributed by atoms with van der Waals surface area (Å²) in [6.45, 7) is 2.64. The van der Waals surface area contributed by atoms with Gasteiger partial charge in [-0.25, -0.2) is 4.79 Å². The number of amides is 1. The van der Waals surface area contributed by atoms with Crippen molar-refractivity contribution in [1.29, 1.82) is 0 Å². The van der Waals surface area contributed by atoms with Crippen molar-refractivity contribution >= 4 is 29.0 Å². The monoisotopic (exact) mass is 337 g/mol. The lowest BCUT2D eigenvalue weighted by molar-refractivity contribution is -0.117. The van der Waals surface area contributed by atoms with Crippen molar-refractivity contribution in [3.8, 4) is 0 Å².